The van der Waals surface area contributed by atoms with Crippen molar-refractivity contribution < 1.29 is 0 Å². The predicted molar refractivity (Wildman–Crippen MR) is 121 cm³/mol. The Morgan fingerprint density at radius 1 is 0.600 bits per heavy atom. The SMILES string of the molecule is Br.CC(C)CC[PH](c1ccccc1)(c1ccccc1)c1ccccc1. The van der Waals surface area contributed by atoms with Crippen LogP contribution in [-0.4, -0.2) is 6.16 Å². The van der Waals surface area contributed by atoms with Crippen LogP contribution in [0.5, 0.6) is 0 Å². The first-order valence-electron chi connectivity index (χ1n) is 8.90. The Balaban J connectivity index is 0.00000225. The van der Waals surface area contributed by atoms with Crippen LogP contribution in [0.3, 0.4) is 0 Å². The van der Waals surface area contributed by atoms with Crippen molar-refractivity contribution in [2.45, 2.75) is 20.3 Å². The van der Waals surface area contributed by atoms with E-state index in [2.05, 4.69) is 105 Å². The van der Waals surface area contributed by atoms with E-state index in [9.17, 15) is 0 Å². The number of halogens is 1. The summed E-state index contributed by atoms with van der Waals surface area (Å²) in [6, 6.07) is 33.6. The van der Waals surface area contributed by atoms with Crippen molar-refractivity contribution in [2.24, 2.45) is 5.92 Å². The first-order chi connectivity index (χ1) is 11.7. The molecule has 132 valence electrons. The van der Waals surface area contributed by atoms with Gasteiger partial charge >= 0.3 is 147 Å². The van der Waals surface area contributed by atoms with E-state index in [1.165, 1.54) is 28.5 Å². The van der Waals surface area contributed by atoms with E-state index in [-0.39, 0.29) is 17.0 Å². The molecule has 25 heavy (non-hydrogen) atoms. The zero-order chi connectivity index (χ0) is 16.8. The van der Waals surface area contributed by atoms with Gasteiger partial charge in [-0.05, 0) is 0 Å². The van der Waals surface area contributed by atoms with Crippen LogP contribution >= 0.6 is 24.2 Å². The molecule has 0 fully saturated rings. The molecule has 0 saturated heterocycles. The van der Waals surface area contributed by atoms with Gasteiger partial charge in [-0.15, -0.1) is 17.0 Å². The fraction of sp³-hybridized carbons (Fsp3) is 0.217. The third-order valence-electron chi connectivity index (χ3n) is 4.90. The fourth-order valence-corrected chi connectivity index (χ4v) is 8.77. The molecule has 0 aliphatic carbocycles. The molecule has 0 nitrogen and oxygen atoms in total. The van der Waals surface area contributed by atoms with Gasteiger partial charge in [-0.2, -0.15) is 0 Å². The molecule has 3 aromatic rings. The Kier molecular flexibility index (Phi) is 7.41. The molecular formula is C23H28BrP. The van der Waals surface area contributed by atoms with Crippen molar-refractivity contribution in [3.05, 3.63) is 91.0 Å². The molecule has 0 radical (unpaired) electrons. The number of rotatable bonds is 6. The normalized spacial score (nSPS) is 11.8. The summed E-state index contributed by atoms with van der Waals surface area (Å²) in [5.74, 6) is 0.716. The van der Waals surface area contributed by atoms with E-state index in [0.29, 0.717) is 5.92 Å². The van der Waals surface area contributed by atoms with E-state index in [1.54, 1.807) is 0 Å². The molecule has 0 atom stereocenters. The summed E-state index contributed by atoms with van der Waals surface area (Å²) in [6.07, 6.45) is 2.51. The molecule has 0 aliphatic heterocycles. The molecule has 3 rings (SSSR count). The Hall–Kier alpha value is -1.43. The fourth-order valence-electron chi connectivity index (χ4n) is 3.61. The van der Waals surface area contributed by atoms with Gasteiger partial charge in [0.25, 0.3) is 0 Å². The van der Waals surface area contributed by atoms with Crippen LogP contribution in [0.15, 0.2) is 91.0 Å². The van der Waals surface area contributed by atoms with Gasteiger partial charge < -0.3 is 0 Å². The molecule has 0 saturated carbocycles. The maximum absolute atomic E-state index is 2.34. The summed E-state index contributed by atoms with van der Waals surface area (Å²) < 4.78 is 0. The topological polar surface area (TPSA) is 0 Å². The minimum atomic E-state index is -1.99. The van der Waals surface area contributed by atoms with Crippen molar-refractivity contribution in [3.63, 3.8) is 0 Å². The molecule has 0 amide bonds. The average molecular weight is 415 g/mol. The van der Waals surface area contributed by atoms with Gasteiger partial charge in [-0.1, -0.05) is 0 Å². The zero-order valence-electron chi connectivity index (χ0n) is 15.1. The summed E-state index contributed by atoms with van der Waals surface area (Å²) in [6.45, 7) is 4.67. The summed E-state index contributed by atoms with van der Waals surface area (Å²) in [4.78, 5) is 0. The maximum atomic E-state index is 2.34. The second-order valence-corrected chi connectivity index (χ2v) is 11.0. The van der Waals surface area contributed by atoms with Crippen molar-refractivity contribution in [1.29, 1.82) is 0 Å². The van der Waals surface area contributed by atoms with Gasteiger partial charge in [0, 0.05) is 0 Å². The van der Waals surface area contributed by atoms with Crippen LogP contribution in [0.2, 0.25) is 0 Å². The van der Waals surface area contributed by atoms with E-state index < -0.39 is 7.26 Å². The summed E-state index contributed by atoms with van der Waals surface area (Å²) in [7, 11) is -1.99. The van der Waals surface area contributed by atoms with E-state index in [1.807, 2.05) is 0 Å². The van der Waals surface area contributed by atoms with Crippen LogP contribution in [0, 0.1) is 5.92 Å². The summed E-state index contributed by atoms with van der Waals surface area (Å²) in [5.41, 5.74) is 0. The molecule has 0 heterocycles. The van der Waals surface area contributed by atoms with Crippen molar-refractivity contribution in [2.75, 3.05) is 6.16 Å². The molecule has 0 unspecified atom stereocenters. The van der Waals surface area contributed by atoms with Crippen LogP contribution < -0.4 is 15.9 Å². The summed E-state index contributed by atoms with van der Waals surface area (Å²) >= 11 is 0. The molecular weight excluding hydrogens is 387 g/mol. The van der Waals surface area contributed by atoms with Gasteiger partial charge in [0.15, 0.2) is 0 Å². The van der Waals surface area contributed by atoms with Crippen LogP contribution in [0.25, 0.3) is 0 Å². The van der Waals surface area contributed by atoms with Crippen LogP contribution in [0.1, 0.15) is 20.3 Å². The van der Waals surface area contributed by atoms with Gasteiger partial charge in [0.1, 0.15) is 0 Å². The van der Waals surface area contributed by atoms with Gasteiger partial charge in [0.2, 0.25) is 0 Å². The van der Waals surface area contributed by atoms with Crippen molar-refractivity contribution in [3.8, 4) is 0 Å². The van der Waals surface area contributed by atoms with Crippen LogP contribution in [0.4, 0.5) is 0 Å². The average Bonchev–Trinajstić information content (AvgIpc) is 2.65. The second kappa shape index (κ2) is 9.32. The van der Waals surface area contributed by atoms with Gasteiger partial charge in [0.05, 0.1) is 0 Å². The number of hydrogen-bond donors (Lipinski definition) is 0. The number of benzene rings is 3. The third kappa shape index (κ3) is 4.40. The minimum absolute atomic E-state index is 0. The third-order valence-corrected chi connectivity index (χ3v) is 9.89. The molecule has 0 spiro atoms. The molecule has 0 aliphatic rings. The van der Waals surface area contributed by atoms with Crippen molar-refractivity contribution in [1.82, 2.24) is 0 Å². The number of hydrogen-bond acceptors (Lipinski definition) is 0. The summed E-state index contributed by atoms with van der Waals surface area (Å²) in [5, 5.41) is 4.55. The standard InChI is InChI=1S/C23H27P.BrH/c1-20(2)18-19-24(21-12-6-3-7-13-21,22-14-8-4-9-15-22)23-16-10-5-11-17-23;/h3-17,20,24H,18-19H2,1-2H3;1H. The Morgan fingerprint density at radius 2 is 0.920 bits per heavy atom. The zero-order valence-corrected chi connectivity index (χ0v) is 17.8. The van der Waals surface area contributed by atoms with Crippen molar-refractivity contribution >= 4 is 40.2 Å². The quantitative estimate of drug-likeness (QED) is 0.477. The molecule has 0 bridgehead atoms. The first-order valence-corrected chi connectivity index (χ1v) is 11.1. The predicted octanol–water partition coefficient (Wildman–Crippen LogP) is 5.34. The Bertz CT molecular complexity index is 642. The van der Waals surface area contributed by atoms with Gasteiger partial charge in [-0.3, -0.25) is 0 Å². The van der Waals surface area contributed by atoms with E-state index in [4.69, 9.17) is 0 Å². The first kappa shape index (κ1) is 19.9. The second-order valence-electron chi connectivity index (χ2n) is 6.94. The monoisotopic (exact) mass is 414 g/mol. The molecule has 0 aromatic heterocycles. The molecule has 2 heteroatoms. The van der Waals surface area contributed by atoms with Crippen LogP contribution in [-0.2, 0) is 0 Å². The molecule has 3 aromatic carbocycles. The Morgan fingerprint density at radius 3 is 1.20 bits per heavy atom. The van der Waals surface area contributed by atoms with E-state index in [0.717, 1.165) is 0 Å². The van der Waals surface area contributed by atoms with Gasteiger partial charge in [-0.25, -0.2) is 0 Å². The van der Waals surface area contributed by atoms with E-state index >= 15 is 0 Å². The molecule has 0 N–H and O–H groups in total. The Labute approximate surface area is 163 Å².